The lowest BCUT2D eigenvalue weighted by molar-refractivity contribution is -0.192. The van der Waals surface area contributed by atoms with Gasteiger partial charge in [-0.1, -0.05) is 11.3 Å². The Balaban J connectivity index is 0.000000383. The first-order valence-electron chi connectivity index (χ1n) is 10.2. The molecule has 0 spiro atoms. The Bertz CT molecular complexity index is 1120. The molecule has 0 aromatic carbocycles. The van der Waals surface area contributed by atoms with E-state index >= 15 is 0 Å². The summed E-state index contributed by atoms with van der Waals surface area (Å²) in [7, 11) is 0. The molecule has 0 saturated carbocycles. The zero-order chi connectivity index (χ0) is 24.2. The highest BCUT2D eigenvalue weighted by Gasteiger charge is 2.38. The number of hydrogen-bond donors (Lipinski definition) is 2. The number of aromatic nitrogens is 4. The highest BCUT2D eigenvalue weighted by atomic mass is 19.4. The predicted molar refractivity (Wildman–Crippen MR) is 112 cm³/mol. The fourth-order valence-corrected chi connectivity index (χ4v) is 3.49. The summed E-state index contributed by atoms with van der Waals surface area (Å²) in [5.41, 5.74) is 3.94. The van der Waals surface area contributed by atoms with Crippen LogP contribution in [0.4, 0.5) is 18.0 Å². The monoisotopic (exact) mass is 464 g/mol. The van der Waals surface area contributed by atoms with Gasteiger partial charge in [0.1, 0.15) is 5.69 Å². The molecule has 1 aliphatic rings. The number of nitrogens with one attached hydrogen (secondary N) is 1. The highest BCUT2D eigenvalue weighted by Crippen LogP contribution is 2.33. The number of pyridine rings is 2. The van der Waals surface area contributed by atoms with Crippen molar-refractivity contribution in [2.24, 2.45) is 0 Å². The minimum Gasteiger partial charge on any atom is -0.475 e. The van der Waals surface area contributed by atoms with Crippen molar-refractivity contribution in [3.63, 3.8) is 0 Å². The molecule has 33 heavy (non-hydrogen) atoms. The lowest BCUT2D eigenvalue weighted by atomic mass is 10.1. The number of likely N-dealkylation sites (tertiary alicyclic amines) is 1. The maximum atomic E-state index is 12.5. The molecule has 2 N–H and O–H groups in total. The minimum atomic E-state index is -5.08. The first-order valence-corrected chi connectivity index (χ1v) is 10.2. The van der Waals surface area contributed by atoms with Crippen LogP contribution in [0.5, 0.6) is 0 Å². The van der Waals surface area contributed by atoms with Crippen molar-refractivity contribution in [1.82, 2.24) is 30.0 Å². The molecule has 176 valence electrons. The highest BCUT2D eigenvalue weighted by molar-refractivity contribution is 5.76. The Kier molecular flexibility index (Phi) is 7.14. The SMILES string of the molecule is CC(C)NC(=O)N1CCCC1c1nnn2cc(-c3ccncc3)ccc12.O=C(O)C(F)(F)F. The summed E-state index contributed by atoms with van der Waals surface area (Å²) in [6, 6.07) is 8.08. The zero-order valence-corrected chi connectivity index (χ0v) is 18.0. The van der Waals surface area contributed by atoms with Gasteiger partial charge >= 0.3 is 18.2 Å². The van der Waals surface area contributed by atoms with Gasteiger partial charge in [0.15, 0.2) is 0 Å². The van der Waals surface area contributed by atoms with Gasteiger partial charge < -0.3 is 15.3 Å². The van der Waals surface area contributed by atoms with E-state index in [9.17, 15) is 18.0 Å². The molecule has 3 aromatic heterocycles. The van der Waals surface area contributed by atoms with Gasteiger partial charge in [-0.15, -0.1) is 5.10 Å². The van der Waals surface area contributed by atoms with Crippen LogP contribution in [0.1, 0.15) is 38.4 Å². The molecule has 1 unspecified atom stereocenters. The average Bonchev–Trinajstić information content (AvgIpc) is 3.40. The smallest absolute Gasteiger partial charge is 0.475 e. The van der Waals surface area contributed by atoms with Gasteiger partial charge in [0.2, 0.25) is 0 Å². The molecule has 2 amide bonds. The minimum absolute atomic E-state index is 0.0296. The molecule has 4 rings (SSSR count). The molecule has 12 heteroatoms. The standard InChI is InChI=1S/C19H22N6O.C2HF3O2/c1-13(2)21-19(26)24-11-3-4-16(24)18-17-6-5-15(12-25(17)23-22-18)14-7-9-20-10-8-14;3-2(4,5)1(6)7/h5-10,12-13,16H,3-4,11H2,1-2H3,(H,21,26);(H,6,7). The number of alkyl halides is 3. The molecular formula is C21H23F3N6O3. The lowest BCUT2D eigenvalue weighted by Crippen LogP contribution is -2.42. The van der Waals surface area contributed by atoms with Crippen LogP contribution in [0, 0.1) is 0 Å². The van der Waals surface area contributed by atoms with Crippen molar-refractivity contribution in [2.75, 3.05) is 6.54 Å². The number of halogens is 3. The summed E-state index contributed by atoms with van der Waals surface area (Å²) in [5.74, 6) is -2.76. The molecule has 9 nitrogen and oxygen atoms in total. The van der Waals surface area contributed by atoms with Crippen LogP contribution >= 0.6 is 0 Å². The Morgan fingerprint density at radius 3 is 2.42 bits per heavy atom. The number of amides is 2. The molecule has 1 aliphatic heterocycles. The molecule has 1 atom stereocenters. The number of nitrogens with zero attached hydrogens (tertiary/aromatic N) is 5. The van der Waals surface area contributed by atoms with Crippen molar-refractivity contribution >= 4 is 17.5 Å². The van der Waals surface area contributed by atoms with E-state index in [0.717, 1.165) is 41.7 Å². The molecule has 0 bridgehead atoms. The first-order chi connectivity index (χ1) is 15.6. The summed E-state index contributed by atoms with van der Waals surface area (Å²) in [6.45, 7) is 4.69. The van der Waals surface area contributed by atoms with Crippen LogP contribution in [0.2, 0.25) is 0 Å². The number of aliphatic carboxylic acids is 1. The van der Waals surface area contributed by atoms with Gasteiger partial charge in [-0.2, -0.15) is 13.2 Å². The third-order valence-corrected chi connectivity index (χ3v) is 4.94. The number of urea groups is 1. The Morgan fingerprint density at radius 1 is 1.15 bits per heavy atom. The Morgan fingerprint density at radius 2 is 1.82 bits per heavy atom. The Labute approximate surface area is 187 Å². The second-order valence-electron chi connectivity index (χ2n) is 7.72. The van der Waals surface area contributed by atoms with Crippen molar-refractivity contribution in [2.45, 2.75) is 44.9 Å². The zero-order valence-electron chi connectivity index (χ0n) is 18.0. The van der Waals surface area contributed by atoms with Gasteiger partial charge in [-0.05, 0) is 50.5 Å². The van der Waals surface area contributed by atoms with E-state index in [-0.39, 0.29) is 18.1 Å². The summed E-state index contributed by atoms with van der Waals surface area (Å²) in [5, 5.41) is 18.8. The molecule has 4 heterocycles. The summed E-state index contributed by atoms with van der Waals surface area (Å²) < 4.78 is 33.5. The van der Waals surface area contributed by atoms with E-state index in [2.05, 4.69) is 26.7 Å². The lowest BCUT2D eigenvalue weighted by Gasteiger charge is -2.24. The average molecular weight is 464 g/mol. The van der Waals surface area contributed by atoms with Crippen LogP contribution < -0.4 is 5.32 Å². The van der Waals surface area contributed by atoms with Crippen LogP contribution in [-0.4, -0.2) is 60.6 Å². The number of carboxylic acid groups (broad SMARTS) is 1. The topological polar surface area (TPSA) is 113 Å². The largest absolute Gasteiger partial charge is 0.490 e. The summed E-state index contributed by atoms with van der Waals surface area (Å²) >= 11 is 0. The third-order valence-electron chi connectivity index (χ3n) is 4.94. The second kappa shape index (κ2) is 9.84. The second-order valence-corrected chi connectivity index (χ2v) is 7.72. The van der Waals surface area contributed by atoms with E-state index < -0.39 is 12.1 Å². The van der Waals surface area contributed by atoms with Gasteiger partial charge in [0.25, 0.3) is 0 Å². The number of hydrogen-bond acceptors (Lipinski definition) is 5. The predicted octanol–water partition coefficient (Wildman–Crippen LogP) is 3.68. The number of rotatable bonds is 3. The maximum Gasteiger partial charge on any atom is 0.490 e. The third kappa shape index (κ3) is 5.76. The normalized spacial score (nSPS) is 15.9. The van der Waals surface area contributed by atoms with Crippen LogP contribution in [0.15, 0.2) is 42.9 Å². The van der Waals surface area contributed by atoms with Gasteiger partial charge in [-0.3, -0.25) is 4.98 Å². The van der Waals surface area contributed by atoms with Crippen molar-refractivity contribution < 1.29 is 27.9 Å². The van der Waals surface area contributed by atoms with Crippen molar-refractivity contribution in [3.05, 3.63) is 48.5 Å². The number of fused-ring (bicyclic) bond motifs is 1. The van der Waals surface area contributed by atoms with Gasteiger partial charge in [-0.25, -0.2) is 14.1 Å². The number of carbonyl (C=O) groups is 2. The van der Waals surface area contributed by atoms with Crippen LogP contribution in [-0.2, 0) is 4.79 Å². The van der Waals surface area contributed by atoms with E-state index in [1.807, 2.05) is 43.1 Å². The fraction of sp³-hybridized carbons (Fsp3) is 0.381. The van der Waals surface area contributed by atoms with Crippen molar-refractivity contribution in [1.29, 1.82) is 0 Å². The fourth-order valence-electron chi connectivity index (χ4n) is 3.49. The van der Waals surface area contributed by atoms with Crippen LogP contribution in [0.25, 0.3) is 16.6 Å². The van der Waals surface area contributed by atoms with E-state index in [0.29, 0.717) is 0 Å². The van der Waals surface area contributed by atoms with E-state index in [1.165, 1.54) is 0 Å². The maximum absolute atomic E-state index is 12.5. The molecular weight excluding hydrogens is 441 g/mol. The summed E-state index contributed by atoms with van der Waals surface area (Å²) in [6.07, 6.45) is 2.32. The van der Waals surface area contributed by atoms with E-state index in [1.54, 1.807) is 16.9 Å². The number of carbonyl (C=O) groups excluding carboxylic acids is 1. The number of carboxylic acids is 1. The summed E-state index contributed by atoms with van der Waals surface area (Å²) in [4.78, 5) is 27.3. The Hall–Kier alpha value is -3.70. The first kappa shape index (κ1) is 24.0. The van der Waals surface area contributed by atoms with E-state index in [4.69, 9.17) is 9.90 Å². The molecule has 1 saturated heterocycles. The molecule has 1 fully saturated rings. The van der Waals surface area contributed by atoms with Crippen LogP contribution in [0.3, 0.4) is 0 Å². The van der Waals surface area contributed by atoms with Crippen molar-refractivity contribution in [3.8, 4) is 11.1 Å². The molecule has 0 radical (unpaired) electrons. The van der Waals surface area contributed by atoms with Gasteiger partial charge in [0, 0.05) is 36.7 Å². The van der Waals surface area contributed by atoms with Gasteiger partial charge in [0.05, 0.1) is 11.6 Å². The quantitative estimate of drug-likeness (QED) is 0.612. The molecule has 3 aromatic rings. The molecule has 0 aliphatic carbocycles.